The Morgan fingerprint density at radius 1 is 1.75 bits per heavy atom. The van der Waals surface area contributed by atoms with E-state index in [0.29, 0.717) is 18.6 Å². The molecule has 0 spiro atoms. The Bertz CT molecular complexity index is 298. The molecule has 0 aromatic carbocycles. The maximum absolute atomic E-state index is 9.71. The molecular formula is C11H18N2O3. The molecule has 1 heterocycles. The molecule has 1 fully saturated rings. The first-order valence-corrected chi connectivity index (χ1v) is 5.21. The van der Waals surface area contributed by atoms with E-state index in [2.05, 4.69) is 0 Å². The fourth-order valence-corrected chi connectivity index (χ4v) is 1.70. The predicted molar refractivity (Wildman–Crippen MR) is 58.3 cm³/mol. The van der Waals surface area contributed by atoms with E-state index in [1.54, 1.807) is 25.1 Å². The molecule has 0 radical (unpaired) electrons. The lowest BCUT2D eigenvalue weighted by Crippen LogP contribution is -2.28. The Kier molecular flexibility index (Phi) is 4.74. The number of nitrogens with zero attached hydrogens (tertiary/aromatic N) is 2. The van der Waals surface area contributed by atoms with Gasteiger partial charge in [0.05, 0.1) is 18.8 Å². The number of ether oxygens (including phenoxy) is 2. The van der Waals surface area contributed by atoms with E-state index < -0.39 is 6.10 Å². The molecule has 0 aromatic heterocycles. The van der Waals surface area contributed by atoms with Gasteiger partial charge in [0.2, 0.25) is 0 Å². The molecule has 1 aliphatic rings. The highest BCUT2D eigenvalue weighted by atomic mass is 16.6. The van der Waals surface area contributed by atoms with Crippen LogP contribution in [0.25, 0.3) is 0 Å². The van der Waals surface area contributed by atoms with E-state index in [0.717, 1.165) is 0 Å². The second-order valence-corrected chi connectivity index (χ2v) is 3.98. The van der Waals surface area contributed by atoms with Crippen LogP contribution in [-0.2, 0) is 9.47 Å². The van der Waals surface area contributed by atoms with Gasteiger partial charge in [-0.25, -0.2) is 0 Å². The first-order valence-electron chi connectivity index (χ1n) is 5.21. The highest BCUT2D eigenvalue weighted by molar-refractivity contribution is 5.16. The largest absolute Gasteiger partial charge is 0.390 e. The van der Waals surface area contributed by atoms with Crippen molar-refractivity contribution in [2.45, 2.75) is 31.8 Å². The monoisotopic (exact) mass is 226 g/mol. The summed E-state index contributed by atoms with van der Waals surface area (Å²) < 4.78 is 10.6. The molecule has 0 aromatic rings. The molecule has 3 atom stereocenters. The third kappa shape index (κ3) is 3.20. The van der Waals surface area contributed by atoms with Crippen LogP contribution in [0.5, 0.6) is 0 Å². The zero-order valence-corrected chi connectivity index (χ0v) is 9.88. The number of nitriles is 1. The molecular weight excluding hydrogens is 208 g/mol. The molecule has 0 aliphatic carbocycles. The van der Waals surface area contributed by atoms with Gasteiger partial charge in [-0.05, 0) is 6.92 Å². The van der Waals surface area contributed by atoms with Crippen molar-refractivity contribution in [3.8, 4) is 6.07 Å². The van der Waals surface area contributed by atoms with Crippen molar-refractivity contribution >= 4 is 0 Å². The predicted octanol–water partition coefficient (Wildman–Crippen LogP) is 0.468. The second kappa shape index (κ2) is 5.85. The van der Waals surface area contributed by atoms with Crippen LogP contribution >= 0.6 is 0 Å². The van der Waals surface area contributed by atoms with Crippen molar-refractivity contribution < 1.29 is 14.6 Å². The molecule has 0 amide bonds. The van der Waals surface area contributed by atoms with Crippen LogP contribution in [0.1, 0.15) is 13.3 Å². The third-order valence-electron chi connectivity index (χ3n) is 2.56. The summed E-state index contributed by atoms with van der Waals surface area (Å²) >= 11 is 0. The van der Waals surface area contributed by atoms with Gasteiger partial charge in [-0.3, -0.25) is 0 Å². The van der Waals surface area contributed by atoms with Gasteiger partial charge in [0.15, 0.2) is 0 Å². The zero-order valence-electron chi connectivity index (χ0n) is 9.88. The minimum Gasteiger partial charge on any atom is -0.390 e. The zero-order chi connectivity index (χ0) is 12.1. The summed E-state index contributed by atoms with van der Waals surface area (Å²) in [5.74, 6) is 0. The first kappa shape index (κ1) is 13.0. The molecule has 1 saturated heterocycles. The molecule has 90 valence electrons. The molecule has 5 heteroatoms. The van der Waals surface area contributed by atoms with Crippen LogP contribution in [0.15, 0.2) is 11.8 Å². The van der Waals surface area contributed by atoms with Gasteiger partial charge in [-0.2, -0.15) is 5.26 Å². The summed E-state index contributed by atoms with van der Waals surface area (Å²) in [5.41, 5.74) is 0.607. The quantitative estimate of drug-likeness (QED) is 0.706. The molecule has 0 saturated carbocycles. The van der Waals surface area contributed by atoms with E-state index in [9.17, 15) is 5.11 Å². The summed E-state index contributed by atoms with van der Waals surface area (Å²) in [7, 11) is 3.40. The Labute approximate surface area is 95.9 Å². The van der Waals surface area contributed by atoms with Crippen molar-refractivity contribution in [3.05, 3.63) is 11.8 Å². The van der Waals surface area contributed by atoms with Gasteiger partial charge in [0.1, 0.15) is 12.3 Å². The maximum Gasteiger partial charge on any atom is 0.132 e. The average molecular weight is 226 g/mol. The van der Waals surface area contributed by atoms with Gasteiger partial charge in [-0.1, -0.05) is 0 Å². The van der Waals surface area contributed by atoms with Gasteiger partial charge < -0.3 is 19.5 Å². The SMILES string of the molecule is COCC1OC(N(C)C=C(C)C#N)CC1O. The summed E-state index contributed by atoms with van der Waals surface area (Å²) in [6.07, 6.45) is 1.25. The van der Waals surface area contributed by atoms with Crippen LogP contribution in [0.3, 0.4) is 0 Å². The van der Waals surface area contributed by atoms with Crippen LogP contribution in [0, 0.1) is 11.3 Å². The third-order valence-corrected chi connectivity index (χ3v) is 2.56. The Morgan fingerprint density at radius 3 is 3.00 bits per heavy atom. The molecule has 5 nitrogen and oxygen atoms in total. The topological polar surface area (TPSA) is 65.7 Å². The molecule has 1 N–H and O–H groups in total. The molecule has 0 bridgehead atoms. The number of allylic oxidation sites excluding steroid dienone is 1. The highest BCUT2D eigenvalue weighted by Crippen LogP contribution is 2.23. The van der Waals surface area contributed by atoms with E-state index in [-0.39, 0.29) is 12.3 Å². The van der Waals surface area contributed by atoms with E-state index in [1.807, 2.05) is 13.1 Å². The van der Waals surface area contributed by atoms with Crippen LogP contribution in [0.2, 0.25) is 0 Å². The van der Waals surface area contributed by atoms with E-state index in [4.69, 9.17) is 14.7 Å². The van der Waals surface area contributed by atoms with Gasteiger partial charge in [-0.15, -0.1) is 0 Å². The van der Waals surface area contributed by atoms with Crippen molar-refractivity contribution in [2.75, 3.05) is 20.8 Å². The van der Waals surface area contributed by atoms with Crippen LogP contribution < -0.4 is 0 Å². The smallest absolute Gasteiger partial charge is 0.132 e. The number of rotatable bonds is 4. The summed E-state index contributed by atoms with van der Waals surface area (Å²) in [6, 6.07) is 2.04. The van der Waals surface area contributed by atoms with Crippen LogP contribution in [-0.4, -0.2) is 49.2 Å². The number of aliphatic hydroxyl groups is 1. The highest BCUT2D eigenvalue weighted by Gasteiger charge is 2.35. The number of aliphatic hydroxyl groups excluding tert-OH is 1. The lowest BCUT2D eigenvalue weighted by molar-refractivity contribution is -0.0655. The normalized spacial score (nSPS) is 30.2. The van der Waals surface area contributed by atoms with Gasteiger partial charge >= 0.3 is 0 Å². The second-order valence-electron chi connectivity index (χ2n) is 3.98. The van der Waals surface area contributed by atoms with E-state index in [1.165, 1.54) is 0 Å². The molecule has 3 unspecified atom stereocenters. The molecule has 16 heavy (non-hydrogen) atoms. The lowest BCUT2D eigenvalue weighted by Gasteiger charge is -2.22. The minimum absolute atomic E-state index is 0.196. The van der Waals surface area contributed by atoms with Gasteiger partial charge in [0, 0.05) is 32.4 Å². The fourth-order valence-electron chi connectivity index (χ4n) is 1.70. The number of hydrogen-bond acceptors (Lipinski definition) is 5. The average Bonchev–Trinajstić information content (AvgIpc) is 2.61. The van der Waals surface area contributed by atoms with Crippen molar-refractivity contribution in [1.82, 2.24) is 4.90 Å². The standard InChI is InChI=1S/C11H18N2O3/c1-8(5-12)6-13(2)11-4-9(14)10(16-11)7-15-3/h6,9-11,14H,4,7H2,1-3H3. The Hall–Kier alpha value is -1.09. The maximum atomic E-state index is 9.71. The summed E-state index contributed by atoms with van der Waals surface area (Å²) in [4.78, 5) is 1.80. The lowest BCUT2D eigenvalue weighted by atomic mass is 10.2. The Morgan fingerprint density at radius 2 is 2.44 bits per heavy atom. The van der Waals surface area contributed by atoms with Crippen molar-refractivity contribution in [1.29, 1.82) is 5.26 Å². The van der Waals surface area contributed by atoms with Gasteiger partial charge in [0.25, 0.3) is 0 Å². The van der Waals surface area contributed by atoms with Crippen molar-refractivity contribution in [2.24, 2.45) is 0 Å². The Balaban J connectivity index is 2.55. The molecule has 1 aliphatic heterocycles. The summed E-state index contributed by atoms with van der Waals surface area (Å²) in [6.45, 7) is 2.11. The fraction of sp³-hybridized carbons (Fsp3) is 0.727. The number of methoxy groups -OCH3 is 1. The van der Waals surface area contributed by atoms with Crippen LogP contribution in [0.4, 0.5) is 0 Å². The van der Waals surface area contributed by atoms with Crippen molar-refractivity contribution in [3.63, 3.8) is 0 Å². The minimum atomic E-state index is -0.511. The molecule has 1 rings (SSSR count). The summed E-state index contributed by atoms with van der Waals surface area (Å²) in [5, 5.41) is 18.4. The first-order chi connectivity index (χ1) is 7.58. The number of hydrogen-bond donors (Lipinski definition) is 1. The van der Waals surface area contributed by atoms with E-state index >= 15 is 0 Å².